The quantitative estimate of drug-likeness (QED) is 0.774. The van der Waals surface area contributed by atoms with E-state index in [9.17, 15) is 0 Å². The molecule has 0 aliphatic heterocycles. The van der Waals surface area contributed by atoms with E-state index in [0.29, 0.717) is 5.82 Å². The van der Waals surface area contributed by atoms with Crippen LogP contribution in [0.5, 0.6) is 0 Å². The second-order valence-corrected chi connectivity index (χ2v) is 3.54. The Bertz CT molecular complexity index is 445. The first-order valence-corrected chi connectivity index (χ1v) is 4.69. The van der Waals surface area contributed by atoms with Gasteiger partial charge < -0.3 is 5.73 Å². The highest BCUT2D eigenvalue weighted by molar-refractivity contribution is 5.18. The number of rotatable bonds is 2. The SMILES string of the molecule is Cc1cnc(C(N)c2cnn(C)c2)nc1. The maximum atomic E-state index is 6.00. The van der Waals surface area contributed by atoms with Crippen molar-refractivity contribution in [3.05, 3.63) is 41.7 Å². The fraction of sp³-hybridized carbons (Fsp3) is 0.300. The first kappa shape index (κ1) is 9.79. The molecule has 0 aliphatic carbocycles. The number of nitrogens with two attached hydrogens (primary N) is 1. The lowest BCUT2D eigenvalue weighted by Crippen LogP contribution is -2.14. The highest BCUT2D eigenvalue weighted by Gasteiger charge is 2.12. The van der Waals surface area contributed by atoms with Gasteiger partial charge in [-0.05, 0) is 12.5 Å². The van der Waals surface area contributed by atoms with Crippen LogP contribution in [0.25, 0.3) is 0 Å². The summed E-state index contributed by atoms with van der Waals surface area (Å²) in [6.07, 6.45) is 7.12. The van der Waals surface area contributed by atoms with Crippen molar-refractivity contribution in [2.24, 2.45) is 12.8 Å². The van der Waals surface area contributed by atoms with Crippen LogP contribution in [0.3, 0.4) is 0 Å². The molecule has 0 saturated carbocycles. The van der Waals surface area contributed by atoms with Crippen LogP contribution in [0.15, 0.2) is 24.8 Å². The molecule has 0 radical (unpaired) electrons. The maximum Gasteiger partial charge on any atom is 0.149 e. The summed E-state index contributed by atoms with van der Waals surface area (Å²) in [6.45, 7) is 1.94. The average molecular weight is 203 g/mol. The van der Waals surface area contributed by atoms with Crippen molar-refractivity contribution >= 4 is 0 Å². The first-order valence-electron chi connectivity index (χ1n) is 4.69. The molecule has 2 rings (SSSR count). The first-order chi connectivity index (χ1) is 7.16. The van der Waals surface area contributed by atoms with E-state index in [2.05, 4.69) is 15.1 Å². The largest absolute Gasteiger partial charge is 0.318 e. The van der Waals surface area contributed by atoms with Crippen molar-refractivity contribution < 1.29 is 0 Å². The molecule has 0 spiro atoms. The normalized spacial score (nSPS) is 12.7. The molecule has 78 valence electrons. The van der Waals surface area contributed by atoms with E-state index in [1.54, 1.807) is 23.3 Å². The van der Waals surface area contributed by atoms with E-state index in [1.165, 1.54) is 0 Å². The zero-order chi connectivity index (χ0) is 10.8. The summed E-state index contributed by atoms with van der Waals surface area (Å²) >= 11 is 0. The van der Waals surface area contributed by atoms with Crippen LogP contribution in [-0.4, -0.2) is 19.7 Å². The molecule has 0 aromatic carbocycles. The predicted octanol–water partition coefficient (Wildman–Crippen LogP) is 0.567. The lowest BCUT2D eigenvalue weighted by Gasteiger charge is -2.07. The Morgan fingerprint density at radius 2 is 1.93 bits per heavy atom. The Kier molecular flexibility index (Phi) is 2.47. The Balaban J connectivity index is 2.28. The Labute approximate surface area is 88.0 Å². The van der Waals surface area contributed by atoms with E-state index in [1.807, 2.05) is 20.2 Å². The second-order valence-electron chi connectivity index (χ2n) is 3.54. The molecule has 5 heteroatoms. The Morgan fingerprint density at radius 1 is 1.27 bits per heavy atom. The van der Waals surface area contributed by atoms with Crippen LogP contribution in [0.4, 0.5) is 0 Å². The molecule has 0 amide bonds. The topological polar surface area (TPSA) is 69.6 Å². The van der Waals surface area contributed by atoms with Gasteiger partial charge in [0, 0.05) is 31.2 Å². The minimum atomic E-state index is -0.306. The summed E-state index contributed by atoms with van der Waals surface area (Å²) in [6, 6.07) is -0.306. The van der Waals surface area contributed by atoms with E-state index in [0.717, 1.165) is 11.1 Å². The van der Waals surface area contributed by atoms with Gasteiger partial charge in [-0.15, -0.1) is 0 Å². The highest BCUT2D eigenvalue weighted by atomic mass is 15.2. The smallest absolute Gasteiger partial charge is 0.149 e. The molecule has 1 atom stereocenters. The lowest BCUT2D eigenvalue weighted by molar-refractivity contribution is 0.756. The van der Waals surface area contributed by atoms with Gasteiger partial charge in [0.1, 0.15) is 5.82 Å². The number of nitrogens with zero attached hydrogens (tertiary/aromatic N) is 4. The summed E-state index contributed by atoms with van der Waals surface area (Å²) in [5.41, 5.74) is 7.94. The number of aryl methyl sites for hydroxylation is 2. The molecule has 0 saturated heterocycles. The zero-order valence-electron chi connectivity index (χ0n) is 8.75. The van der Waals surface area contributed by atoms with Crippen LogP contribution in [0.2, 0.25) is 0 Å². The highest BCUT2D eigenvalue weighted by Crippen LogP contribution is 2.14. The fourth-order valence-corrected chi connectivity index (χ4v) is 1.31. The summed E-state index contributed by atoms with van der Waals surface area (Å²) < 4.78 is 1.71. The molecular weight excluding hydrogens is 190 g/mol. The molecule has 1 unspecified atom stereocenters. The van der Waals surface area contributed by atoms with Gasteiger partial charge >= 0.3 is 0 Å². The van der Waals surface area contributed by atoms with Gasteiger partial charge in [-0.1, -0.05) is 0 Å². The van der Waals surface area contributed by atoms with Crippen LogP contribution in [0.1, 0.15) is 23.0 Å². The molecule has 5 nitrogen and oxygen atoms in total. The number of aromatic nitrogens is 4. The van der Waals surface area contributed by atoms with Gasteiger partial charge in [0.2, 0.25) is 0 Å². The van der Waals surface area contributed by atoms with E-state index in [-0.39, 0.29) is 6.04 Å². The molecule has 2 aromatic rings. The van der Waals surface area contributed by atoms with Crippen LogP contribution in [-0.2, 0) is 7.05 Å². The third-order valence-corrected chi connectivity index (χ3v) is 2.16. The van der Waals surface area contributed by atoms with Crippen molar-refractivity contribution in [2.75, 3.05) is 0 Å². The van der Waals surface area contributed by atoms with Crippen molar-refractivity contribution in [2.45, 2.75) is 13.0 Å². The van der Waals surface area contributed by atoms with Crippen LogP contribution in [0, 0.1) is 6.92 Å². The summed E-state index contributed by atoms with van der Waals surface area (Å²) in [5.74, 6) is 0.619. The van der Waals surface area contributed by atoms with Crippen molar-refractivity contribution in [3.63, 3.8) is 0 Å². The van der Waals surface area contributed by atoms with Gasteiger partial charge in [0.25, 0.3) is 0 Å². The average Bonchev–Trinajstić information content (AvgIpc) is 2.65. The minimum absolute atomic E-state index is 0.306. The monoisotopic (exact) mass is 203 g/mol. The maximum absolute atomic E-state index is 6.00. The van der Waals surface area contributed by atoms with Gasteiger partial charge in [0.05, 0.1) is 12.2 Å². The van der Waals surface area contributed by atoms with Gasteiger partial charge in [0.15, 0.2) is 0 Å². The van der Waals surface area contributed by atoms with E-state index in [4.69, 9.17) is 5.73 Å². The van der Waals surface area contributed by atoms with Crippen LogP contribution >= 0.6 is 0 Å². The fourth-order valence-electron chi connectivity index (χ4n) is 1.31. The number of hydrogen-bond acceptors (Lipinski definition) is 4. The van der Waals surface area contributed by atoms with E-state index >= 15 is 0 Å². The summed E-state index contributed by atoms with van der Waals surface area (Å²) in [7, 11) is 1.85. The molecular formula is C10H13N5. The summed E-state index contributed by atoms with van der Waals surface area (Å²) in [5, 5.41) is 4.06. The Morgan fingerprint density at radius 3 is 2.47 bits per heavy atom. The molecule has 0 aliphatic rings. The molecule has 2 heterocycles. The molecule has 15 heavy (non-hydrogen) atoms. The standard InChI is InChI=1S/C10H13N5/c1-7-3-12-10(13-4-7)9(11)8-5-14-15(2)6-8/h3-6,9H,11H2,1-2H3. The van der Waals surface area contributed by atoms with Crippen molar-refractivity contribution in [1.29, 1.82) is 0 Å². The van der Waals surface area contributed by atoms with Crippen molar-refractivity contribution in [3.8, 4) is 0 Å². The van der Waals surface area contributed by atoms with Crippen molar-refractivity contribution in [1.82, 2.24) is 19.7 Å². The third kappa shape index (κ3) is 2.02. The Hall–Kier alpha value is -1.75. The summed E-state index contributed by atoms with van der Waals surface area (Å²) in [4.78, 5) is 8.38. The predicted molar refractivity (Wildman–Crippen MR) is 56.0 cm³/mol. The molecule has 0 fully saturated rings. The van der Waals surface area contributed by atoms with Gasteiger partial charge in [-0.3, -0.25) is 4.68 Å². The molecule has 2 aromatic heterocycles. The number of hydrogen-bond donors (Lipinski definition) is 1. The lowest BCUT2D eigenvalue weighted by atomic mass is 10.1. The second kappa shape index (κ2) is 3.78. The van der Waals surface area contributed by atoms with Gasteiger partial charge in [-0.25, -0.2) is 9.97 Å². The zero-order valence-corrected chi connectivity index (χ0v) is 8.75. The molecule has 0 bridgehead atoms. The minimum Gasteiger partial charge on any atom is -0.318 e. The van der Waals surface area contributed by atoms with E-state index < -0.39 is 0 Å². The van der Waals surface area contributed by atoms with Gasteiger partial charge in [-0.2, -0.15) is 5.10 Å². The van der Waals surface area contributed by atoms with Crippen LogP contribution < -0.4 is 5.73 Å². The third-order valence-electron chi connectivity index (χ3n) is 2.16. The molecule has 2 N–H and O–H groups in total.